The number of aromatic hydroxyl groups is 1. The summed E-state index contributed by atoms with van der Waals surface area (Å²) in [4.78, 5) is 43.0. The normalized spacial score (nSPS) is 14.0. The lowest BCUT2D eigenvalue weighted by atomic mass is 9.95. The van der Waals surface area contributed by atoms with E-state index >= 15 is 0 Å². The quantitative estimate of drug-likeness (QED) is 0.186. The highest BCUT2D eigenvalue weighted by Crippen LogP contribution is 2.34. The Kier molecular flexibility index (Phi) is 9.91. The summed E-state index contributed by atoms with van der Waals surface area (Å²) in [7, 11) is 0. The van der Waals surface area contributed by atoms with Crippen molar-refractivity contribution in [3.05, 3.63) is 106 Å². The first-order valence-corrected chi connectivity index (χ1v) is 15.7. The van der Waals surface area contributed by atoms with Gasteiger partial charge in [-0.1, -0.05) is 79.4 Å². The maximum absolute atomic E-state index is 14.4. The number of carbonyl (C=O) groups excluding carboxylic acids is 3. The van der Waals surface area contributed by atoms with E-state index in [-0.39, 0.29) is 28.0 Å². The van der Waals surface area contributed by atoms with Crippen molar-refractivity contribution in [3.63, 3.8) is 0 Å². The van der Waals surface area contributed by atoms with Gasteiger partial charge in [0.05, 0.1) is 5.69 Å². The first-order chi connectivity index (χ1) is 21.3. The molecule has 0 saturated heterocycles. The van der Waals surface area contributed by atoms with Gasteiger partial charge < -0.3 is 21.5 Å². The molecule has 0 radical (unpaired) electrons. The van der Waals surface area contributed by atoms with E-state index in [0.717, 1.165) is 54.8 Å². The molecule has 0 aliphatic heterocycles. The van der Waals surface area contributed by atoms with Crippen molar-refractivity contribution in [2.45, 2.75) is 57.5 Å². The number of rotatable bonds is 10. The highest BCUT2D eigenvalue weighted by atomic mass is 32.1. The van der Waals surface area contributed by atoms with E-state index in [1.807, 2.05) is 49.4 Å². The van der Waals surface area contributed by atoms with E-state index in [4.69, 9.17) is 5.73 Å². The van der Waals surface area contributed by atoms with Gasteiger partial charge in [0.15, 0.2) is 5.69 Å². The van der Waals surface area contributed by atoms with E-state index in [2.05, 4.69) is 15.0 Å². The largest absolute Gasteiger partial charge is 0.508 e. The van der Waals surface area contributed by atoms with Crippen LogP contribution in [0.3, 0.4) is 0 Å². The fourth-order valence-corrected chi connectivity index (χ4v) is 6.20. The summed E-state index contributed by atoms with van der Waals surface area (Å²) in [5, 5.41) is 16.0. The summed E-state index contributed by atoms with van der Waals surface area (Å²) in [5.74, 6) is -1.33. The second-order valence-corrected chi connectivity index (χ2v) is 11.9. The molecule has 1 unspecified atom stereocenters. The van der Waals surface area contributed by atoms with Crippen LogP contribution in [-0.4, -0.2) is 39.8 Å². The van der Waals surface area contributed by atoms with Crippen molar-refractivity contribution in [1.82, 2.24) is 15.0 Å². The van der Waals surface area contributed by atoms with Crippen LogP contribution in [0.1, 0.15) is 75.0 Å². The number of aromatic nitrogens is 1. The van der Waals surface area contributed by atoms with Crippen LogP contribution in [0, 0.1) is 6.92 Å². The monoisotopic (exact) mass is 611 g/mol. The molecule has 1 aliphatic rings. The first kappa shape index (κ1) is 30.7. The predicted molar refractivity (Wildman–Crippen MR) is 173 cm³/mol. The molecule has 1 aromatic heterocycles. The number of aryl methyl sites for hydroxylation is 1. The summed E-state index contributed by atoms with van der Waals surface area (Å²) in [6, 6.07) is 22.2. The van der Waals surface area contributed by atoms with E-state index in [0.29, 0.717) is 24.2 Å². The third kappa shape index (κ3) is 7.26. The number of hydrogen-bond donors (Lipinski definition) is 4. The molecule has 5 rings (SSSR count). The van der Waals surface area contributed by atoms with Gasteiger partial charge in [0, 0.05) is 18.3 Å². The van der Waals surface area contributed by atoms with Crippen LogP contribution in [0.25, 0.3) is 0 Å². The summed E-state index contributed by atoms with van der Waals surface area (Å²) in [5.41, 5.74) is 9.45. The topological polar surface area (TPSA) is 138 Å². The standard InChI is InChI=1S/C34H37N5O4S/c1-22-12-16-26(17-13-22)39(34(43)31-28(35)29(38-44-31)32(41)37-25-10-6-3-7-11-25)30(24-14-18-27(40)19-15-24)33(42)36-21-20-23-8-4-2-5-9-23/h2,4-5,8-9,12-19,25,30,40H,3,6-7,10-11,20-21,35H2,1H3,(H,36,42)(H,37,41). The number of carbonyl (C=O) groups is 3. The van der Waals surface area contributed by atoms with Crippen LogP contribution >= 0.6 is 11.5 Å². The summed E-state index contributed by atoms with van der Waals surface area (Å²) >= 11 is 0.844. The number of amides is 3. The zero-order valence-corrected chi connectivity index (χ0v) is 25.5. The second kappa shape index (κ2) is 14.2. The Labute approximate surface area is 261 Å². The van der Waals surface area contributed by atoms with Gasteiger partial charge in [-0.05, 0) is 73.1 Å². The van der Waals surface area contributed by atoms with Gasteiger partial charge in [-0.25, -0.2) is 0 Å². The Morgan fingerprint density at radius 2 is 1.66 bits per heavy atom. The predicted octanol–water partition coefficient (Wildman–Crippen LogP) is 5.55. The summed E-state index contributed by atoms with van der Waals surface area (Å²) in [6.45, 7) is 2.28. The molecular formula is C34H37N5O4S. The number of nitrogen functional groups attached to an aromatic ring is 1. The molecule has 0 bridgehead atoms. The van der Waals surface area contributed by atoms with Crippen molar-refractivity contribution in [3.8, 4) is 5.75 Å². The maximum atomic E-state index is 14.4. The number of phenols is 1. The molecule has 1 fully saturated rings. The molecule has 44 heavy (non-hydrogen) atoms. The van der Waals surface area contributed by atoms with Crippen LogP contribution in [0.4, 0.5) is 11.4 Å². The highest BCUT2D eigenvalue weighted by molar-refractivity contribution is 7.09. The van der Waals surface area contributed by atoms with Crippen molar-refractivity contribution < 1.29 is 19.5 Å². The number of anilines is 2. The lowest BCUT2D eigenvalue weighted by Crippen LogP contribution is -2.44. The molecule has 3 amide bonds. The first-order valence-electron chi connectivity index (χ1n) is 14.9. The van der Waals surface area contributed by atoms with Crippen molar-refractivity contribution in [2.24, 2.45) is 0 Å². The number of phenolic OH excluding ortho intramolecular Hbond substituents is 1. The van der Waals surface area contributed by atoms with Crippen LogP contribution < -0.4 is 21.3 Å². The zero-order valence-electron chi connectivity index (χ0n) is 24.7. The average Bonchev–Trinajstić information content (AvgIpc) is 3.43. The lowest BCUT2D eigenvalue weighted by Gasteiger charge is -2.31. The van der Waals surface area contributed by atoms with Gasteiger partial charge in [-0.3, -0.25) is 19.3 Å². The Bertz CT molecular complexity index is 1580. The summed E-state index contributed by atoms with van der Waals surface area (Å²) in [6.07, 6.45) is 5.67. The van der Waals surface area contributed by atoms with E-state index in [1.165, 1.54) is 17.0 Å². The van der Waals surface area contributed by atoms with E-state index < -0.39 is 23.8 Å². The minimum Gasteiger partial charge on any atom is -0.508 e. The van der Waals surface area contributed by atoms with Crippen molar-refractivity contribution in [1.29, 1.82) is 0 Å². The van der Waals surface area contributed by atoms with Gasteiger partial charge in [0.25, 0.3) is 11.8 Å². The number of benzene rings is 3. The maximum Gasteiger partial charge on any atom is 0.273 e. The molecule has 9 nitrogen and oxygen atoms in total. The third-order valence-electron chi connectivity index (χ3n) is 7.88. The molecule has 5 N–H and O–H groups in total. The van der Waals surface area contributed by atoms with Gasteiger partial charge >= 0.3 is 0 Å². The Morgan fingerprint density at radius 1 is 0.977 bits per heavy atom. The second-order valence-electron chi connectivity index (χ2n) is 11.1. The van der Waals surface area contributed by atoms with Gasteiger partial charge in [-0.15, -0.1) is 0 Å². The number of hydrogen-bond acceptors (Lipinski definition) is 7. The average molecular weight is 612 g/mol. The molecule has 1 aliphatic carbocycles. The van der Waals surface area contributed by atoms with E-state index in [9.17, 15) is 19.5 Å². The zero-order chi connectivity index (χ0) is 31.1. The SMILES string of the molecule is Cc1ccc(N(C(=O)c2snc(C(=O)NC3CCCCC3)c2N)C(C(=O)NCCc2ccccc2)c2ccc(O)cc2)cc1. The minimum atomic E-state index is -1.11. The molecule has 0 spiro atoms. The lowest BCUT2D eigenvalue weighted by molar-refractivity contribution is -0.122. The van der Waals surface area contributed by atoms with Crippen LogP contribution in [0.15, 0.2) is 78.9 Å². The number of nitrogens with two attached hydrogens (primary N) is 1. The molecule has 1 heterocycles. The highest BCUT2D eigenvalue weighted by Gasteiger charge is 2.36. The molecule has 10 heteroatoms. The molecule has 1 saturated carbocycles. The summed E-state index contributed by atoms with van der Waals surface area (Å²) < 4.78 is 4.29. The fourth-order valence-electron chi connectivity index (χ4n) is 5.46. The van der Waals surface area contributed by atoms with Crippen LogP contribution in [0.5, 0.6) is 5.75 Å². The molecule has 228 valence electrons. The van der Waals surface area contributed by atoms with Gasteiger partial charge in [0.1, 0.15) is 16.7 Å². The van der Waals surface area contributed by atoms with Gasteiger partial charge in [-0.2, -0.15) is 4.37 Å². The Balaban J connectivity index is 1.48. The Morgan fingerprint density at radius 3 is 2.34 bits per heavy atom. The molecule has 3 aromatic carbocycles. The van der Waals surface area contributed by atoms with Crippen molar-refractivity contribution >= 4 is 40.6 Å². The molecular weight excluding hydrogens is 574 g/mol. The van der Waals surface area contributed by atoms with Gasteiger partial charge in [0.2, 0.25) is 5.91 Å². The Hall–Kier alpha value is -4.70. The van der Waals surface area contributed by atoms with Crippen molar-refractivity contribution in [2.75, 3.05) is 17.2 Å². The number of nitrogens with zero attached hydrogens (tertiary/aromatic N) is 2. The molecule has 1 atom stereocenters. The van der Waals surface area contributed by atoms with E-state index in [1.54, 1.807) is 24.3 Å². The number of nitrogens with one attached hydrogen (secondary N) is 2. The smallest absolute Gasteiger partial charge is 0.273 e. The fraction of sp³-hybridized carbons (Fsp3) is 0.294. The van der Waals surface area contributed by atoms with Crippen LogP contribution in [0.2, 0.25) is 0 Å². The molecule has 4 aromatic rings. The van der Waals surface area contributed by atoms with Crippen LogP contribution in [-0.2, 0) is 11.2 Å². The minimum absolute atomic E-state index is 0.0145. The third-order valence-corrected chi connectivity index (χ3v) is 8.73.